The van der Waals surface area contributed by atoms with E-state index in [-0.39, 0.29) is 35.1 Å². The highest BCUT2D eigenvalue weighted by atomic mass is 35.5. The van der Waals surface area contributed by atoms with Gasteiger partial charge >= 0.3 is 0 Å². The zero-order valence-electron chi connectivity index (χ0n) is 16.6. The van der Waals surface area contributed by atoms with Crippen molar-refractivity contribution in [2.45, 2.75) is 31.1 Å². The highest BCUT2D eigenvalue weighted by Gasteiger charge is 2.19. The van der Waals surface area contributed by atoms with Crippen LogP contribution in [0.25, 0.3) is 5.57 Å². The average Bonchev–Trinajstić information content (AvgIpc) is 2.71. The van der Waals surface area contributed by atoms with Gasteiger partial charge in [0.1, 0.15) is 11.6 Å². The van der Waals surface area contributed by atoms with E-state index in [1.54, 1.807) is 25.1 Å². The number of hydrogen-bond donors (Lipinski definition) is 1. The fraction of sp³-hybridized carbons (Fsp3) is 0.318. The lowest BCUT2D eigenvalue weighted by molar-refractivity contribution is -0.117. The summed E-state index contributed by atoms with van der Waals surface area (Å²) in [5.41, 5.74) is 3.12. The van der Waals surface area contributed by atoms with Crippen molar-refractivity contribution in [2.24, 2.45) is 0 Å². The average molecular weight is 452 g/mol. The van der Waals surface area contributed by atoms with E-state index in [1.165, 1.54) is 18.2 Å². The molecule has 1 aliphatic heterocycles. The molecule has 0 radical (unpaired) electrons. The van der Waals surface area contributed by atoms with Crippen molar-refractivity contribution in [3.63, 3.8) is 0 Å². The Morgan fingerprint density at radius 3 is 2.67 bits per heavy atom. The maximum atomic E-state index is 13.4. The number of sulfonamides is 1. The number of carbonyl (C=O) groups is 1. The summed E-state index contributed by atoms with van der Waals surface area (Å²) in [6.45, 7) is 3.03. The van der Waals surface area contributed by atoms with E-state index in [1.807, 2.05) is 6.08 Å². The largest absolute Gasteiger partial charge is 0.377 e. The van der Waals surface area contributed by atoms with E-state index in [9.17, 15) is 17.6 Å². The molecule has 30 heavy (non-hydrogen) atoms. The summed E-state index contributed by atoms with van der Waals surface area (Å²) in [7, 11) is -3.65. The summed E-state index contributed by atoms with van der Waals surface area (Å²) in [4.78, 5) is 12.9. The lowest BCUT2D eigenvalue weighted by atomic mass is 9.92. The Hall–Kier alpha value is -2.06. The fourth-order valence-corrected chi connectivity index (χ4v) is 4.69. The van der Waals surface area contributed by atoms with Gasteiger partial charge in [-0.15, -0.1) is 0 Å². The van der Waals surface area contributed by atoms with Gasteiger partial charge in [0.2, 0.25) is 10.0 Å². The van der Waals surface area contributed by atoms with Crippen LogP contribution in [0, 0.1) is 5.82 Å². The molecule has 3 rings (SSSR count). The lowest BCUT2D eigenvalue weighted by Gasteiger charge is -2.18. The van der Waals surface area contributed by atoms with E-state index in [2.05, 4.69) is 4.72 Å². The van der Waals surface area contributed by atoms with Gasteiger partial charge in [0.25, 0.3) is 0 Å². The molecule has 0 fully saturated rings. The molecule has 2 aromatic rings. The molecule has 0 amide bonds. The SMILES string of the molecule is CCNS(=O)(=O)c1ccc(C2=CCOCC2)c(CC(=O)Cc2ccc(F)c(Cl)c2)c1. The molecular weight excluding hydrogens is 429 g/mol. The molecular formula is C22H23ClFNO4S. The molecule has 1 heterocycles. The first kappa shape index (κ1) is 22.6. The zero-order chi connectivity index (χ0) is 21.7. The number of hydrogen-bond acceptors (Lipinski definition) is 4. The van der Waals surface area contributed by atoms with Gasteiger partial charge in [-0.2, -0.15) is 0 Å². The standard InChI is InChI=1S/C22H23ClFNO4S/c1-2-25-30(27,28)19-4-5-20(16-7-9-29-10-8-16)17(14-19)13-18(26)11-15-3-6-22(24)21(23)12-15/h3-7,12,14,25H,2,8-11,13H2,1H3. The van der Waals surface area contributed by atoms with Gasteiger partial charge in [0, 0.05) is 19.4 Å². The van der Waals surface area contributed by atoms with Crippen LogP contribution in [0.5, 0.6) is 0 Å². The van der Waals surface area contributed by atoms with Crippen molar-refractivity contribution in [3.05, 3.63) is 70.0 Å². The second kappa shape index (κ2) is 9.83. The predicted molar refractivity (Wildman–Crippen MR) is 115 cm³/mol. The third-order valence-electron chi connectivity index (χ3n) is 4.80. The van der Waals surface area contributed by atoms with Crippen molar-refractivity contribution < 1.29 is 22.3 Å². The van der Waals surface area contributed by atoms with Gasteiger partial charge in [0.05, 0.1) is 23.1 Å². The summed E-state index contributed by atoms with van der Waals surface area (Å²) < 4.78 is 46.1. The molecule has 0 spiro atoms. The van der Waals surface area contributed by atoms with Crippen molar-refractivity contribution in [2.75, 3.05) is 19.8 Å². The van der Waals surface area contributed by atoms with Crippen LogP contribution in [0.15, 0.2) is 47.4 Å². The Balaban J connectivity index is 1.91. The second-order valence-corrected chi connectivity index (χ2v) is 9.19. The van der Waals surface area contributed by atoms with E-state index in [0.29, 0.717) is 30.8 Å². The Labute approximate surface area is 180 Å². The van der Waals surface area contributed by atoms with E-state index in [0.717, 1.165) is 11.1 Å². The molecule has 5 nitrogen and oxygen atoms in total. The first-order valence-corrected chi connectivity index (χ1v) is 11.5. The van der Waals surface area contributed by atoms with E-state index >= 15 is 0 Å². The number of Topliss-reactive ketones (excluding diaryl/α,β-unsaturated/α-hetero) is 1. The third-order valence-corrected chi connectivity index (χ3v) is 6.64. The molecule has 160 valence electrons. The molecule has 0 bridgehead atoms. The normalized spacial score (nSPS) is 14.4. The quantitative estimate of drug-likeness (QED) is 0.660. The Bertz CT molecular complexity index is 1080. The smallest absolute Gasteiger partial charge is 0.240 e. The number of ketones is 1. The number of nitrogens with one attached hydrogen (secondary N) is 1. The van der Waals surface area contributed by atoms with Gasteiger partial charge in [-0.1, -0.05) is 36.7 Å². The summed E-state index contributed by atoms with van der Waals surface area (Å²) in [5, 5.41) is -0.0351. The Morgan fingerprint density at radius 2 is 2.00 bits per heavy atom. The van der Waals surface area contributed by atoms with Gasteiger partial charge in [-0.05, 0) is 52.9 Å². The van der Waals surface area contributed by atoms with Gasteiger partial charge in [-0.3, -0.25) is 4.79 Å². The number of benzene rings is 2. The summed E-state index contributed by atoms with van der Waals surface area (Å²) in [5.74, 6) is -0.660. The Kier molecular flexibility index (Phi) is 7.41. The van der Waals surface area contributed by atoms with Crippen LogP contribution in [0.3, 0.4) is 0 Å². The van der Waals surface area contributed by atoms with Crippen LogP contribution in [0.2, 0.25) is 5.02 Å². The van der Waals surface area contributed by atoms with Crippen LogP contribution >= 0.6 is 11.6 Å². The zero-order valence-corrected chi connectivity index (χ0v) is 18.2. The Morgan fingerprint density at radius 1 is 1.20 bits per heavy atom. The van der Waals surface area contributed by atoms with Crippen molar-refractivity contribution in [3.8, 4) is 0 Å². The van der Waals surface area contributed by atoms with Crippen LogP contribution in [0.4, 0.5) is 4.39 Å². The first-order chi connectivity index (χ1) is 14.3. The maximum Gasteiger partial charge on any atom is 0.240 e. The third kappa shape index (κ3) is 5.55. The predicted octanol–water partition coefficient (Wildman–Crippen LogP) is 3.94. The lowest BCUT2D eigenvalue weighted by Crippen LogP contribution is -2.23. The van der Waals surface area contributed by atoms with E-state index in [4.69, 9.17) is 16.3 Å². The van der Waals surface area contributed by atoms with Crippen molar-refractivity contribution >= 4 is 33.0 Å². The molecule has 0 atom stereocenters. The first-order valence-electron chi connectivity index (χ1n) is 9.65. The fourth-order valence-electron chi connectivity index (χ4n) is 3.39. The highest BCUT2D eigenvalue weighted by Crippen LogP contribution is 2.28. The molecule has 1 N–H and O–H groups in total. The topological polar surface area (TPSA) is 72.5 Å². The van der Waals surface area contributed by atoms with Crippen molar-refractivity contribution in [1.82, 2.24) is 4.72 Å². The van der Waals surface area contributed by atoms with Crippen LogP contribution in [0.1, 0.15) is 30.0 Å². The minimum atomic E-state index is -3.65. The molecule has 0 saturated carbocycles. The highest BCUT2D eigenvalue weighted by molar-refractivity contribution is 7.89. The summed E-state index contributed by atoms with van der Waals surface area (Å²) in [6, 6.07) is 9.04. The van der Waals surface area contributed by atoms with Crippen molar-refractivity contribution in [1.29, 1.82) is 0 Å². The van der Waals surface area contributed by atoms with Crippen LogP contribution in [-0.2, 0) is 32.4 Å². The number of carbonyl (C=O) groups excluding carboxylic acids is 1. The second-order valence-electron chi connectivity index (χ2n) is 7.02. The molecule has 2 aromatic carbocycles. The summed E-state index contributed by atoms with van der Waals surface area (Å²) in [6.07, 6.45) is 2.77. The van der Waals surface area contributed by atoms with Gasteiger partial charge < -0.3 is 4.74 Å². The monoisotopic (exact) mass is 451 g/mol. The number of rotatable bonds is 8. The van der Waals surface area contributed by atoms with Gasteiger partial charge in [-0.25, -0.2) is 17.5 Å². The van der Waals surface area contributed by atoms with Gasteiger partial charge in [0.15, 0.2) is 0 Å². The maximum absolute atomic E-state index is 13.4. The molecule has 0 aromatic heterocycles. The van der Waals surface area contributed by atoms with Crippen LogP contribution < -0.4 is 4.72 Å². The van der Waals surface area contributed by atoms with Crippen LogP contribution in [-0.4, -0.2) is 34.0 Å². The molecule has 0 saturated heterocycles. The van der Waals surface area contributed by atoms with E-state index < -0.39 is 15.8 Å². The molecule has 8 heteroatoms. The summed E-state index contributed by atoms with van der Waals surface area (Å²) >= 11 is 5.81. The number of ether oxygens (including phenoxy) is 1. The minimum Gasteiger partial charge on any atom is -0.377 e. The number of halogens is 2. The molecule has 0 unspecified atom stereocenters. The minimum absolute atomic E-state index is 0.0351. The molecule has 0 aliphatic carbocycles. The molecule has 1 aliphatic rings.